The van der Waals surface area contributed by atoms with Gasteiger partial charge in [-0.15, -0.1) is 12.4 Å². The number of ether oxygens (including phenoxy) is 2. The summed E-state index contributed by atoms with van der Waals surface area (Å²) in [6, 6.07) is 10.8. The second-order valence-corrected chi connectivity index (χ2v) is 4.77. The Morgan fingerprint density at radius 1 is 1.35 bits per heavy atom. The molecular formula is C16H20ClN3O3. The van der Waals surface area contributed by atoms with Gasteiger partial charge in [0.25, 0.3) is 5.91 Å². The van der Waals surface area contributed by atoms with Crippen LogP contribution in [0.5, 0.6) is 5.75 Å². The van der Waals surface area contributed by atoms with Crippen molar-refractivity contribution >= 4 is 29.8 Å². The minimum Gasteiger partial charge on any atom is -0.497 e. The van der Waals surface area contributed by atoms with E-state index in [-0.39, 0.29) is 18.3 Å². The lowest BCUT2D eigenvalue weighted by atomic mass is 10.2. The standard InChI is InChI=1S/C16H19N3O3.ClH/c1-11(16(20)19-13-6-7-15(17)18-9-13)22-10-12-4-3-5-14(8-12)21-2;/h3-9,11H,10H2,1-2H3,(H2,17,18)(H,19,20);1H. The largest absolute Gasteiger partial charge is 0.497 e. The molecule has 1 unspecified atom stereocenters. The highest BCUT2D eigenvalue weighted by atomic mass is 35.5. The van der Waals surface area contributed by atoms with Crippen molar-refractivity contribution in [1.82, 2.24) is 4.98 Å². The molecule has 1 atom stereocenters. The van der Waals surface area contributed by atoms with Gasteiger partial charge >= 0.3 is 0 Å². The van der Waals surface area contributed by atoms with Crippen molar-refractivity contribution in [3.05, 3.63) is 48.2 Å². The predicted molar refractivity (Wildman–Crippen MR) is 91.8 cm³/mol. The summed E-state index contributed by atoms with van der Waals surface area (Å²) in [4.78, 5) is 15.9. The first-order valence-electron chi connectivity index (χ1n) is 6.85. The van der Waals surface area contributed by atoms with Gasteiger partial charge in [0.2, 0.25) is 0 Å². The van der Waals surface area contributed by atoms with Gasteiger partial charge in [-0.3, -0.25) is 4.79 Å². The number of rotatable bonds is 6. The van der Waals surface area contributed by atoms with E-state index in [1.807, 2.05) is 24.3 Å². The van der Waals surface area contributed by atoms with Crippen molar-refractivity contribution in [3.63, 3.8) is 0 Å². The van der Waals surface area contributed by atoms with Gasteiger partial charge in [0.1, 0.15) is 17.7 Å². The zero-order valence-electron chi connectivity index (χ0n) is 13.0. The van der Waals surface area contributed by atoms with E-state index in [0.29, 0.717) is 18.1 Å². The molecule has 0 saturated carbocycles. The maximum atomic E-state index is 12.0. The number of pyridine rings is 1. The minimum absolute atomic E-state index is 0. The molecule has 0 saturated heterocycles. The van der Waals surface area contributed by atoms with Crippen LogP contribution in [0.25, 0.3) is 0 Å². The zero-order chi connectivity index (χ0) is 15.9. The molecule has 0 aliphatic heterocycles. The quantitative estimate of drug-likeness (QED) is 0.846. The number of methoxy groups -OCH3 is 1. The summed E-state index contributed by atoms with van der Waals surface area (Å²) in [7, 11) is 1.61. The molecular weight excluding hydrogens is 318 g/mol. The van der Waals surface area contributed by atoms with Crippen LogP contribution < -0.4 is 15.8 Å². The van der Waals surface area contributed by atoms with Crippen molar-refractivity contribution < 1.29 is 14.3 Å². The number of hydrogen-bond acceptors (Lipinski definition) is 5. The number of amides is 1. The number of aromatic nitrogens is 1. The lowest BCUT2D eigenvalue weighted by Crippen LogP contribution is -2.27. The van der Waals surface area contributed by atoms with Crippen LogP contribution in [-0.2, 0) is 16.1 Å². The predicted octanol–water partition coefficient (Wildman–Crippen LogP) is 2.64. The number of nitrogens with one attached hydrogen (secondary N) is 1. The van der Waals surface area contributed by atoms with Gasteiger partial charge in [0.15, 0.2) is 0 Å². The third-order valence-corrected chi connectivity index (χ3v) is 3.06. The van der Waals surface area contributed by atoms with Crippen LogP contribution in [0.1, 0.15) is 12.5 Å². The first-order valence-corrected chi connectivity index (χ1v) is 6.85. The molecule has 0 bridgehead atoms. The van der Waals surface area contributed by atoms with Crippen molar-refractivity contribution in [2.75, 3.05) is 18.2 Å². The highest BCUT2D eigenvalue weighted by Gasteiger charge is 2.14. The molecule has 0 aliphatic carbocycles. The number of halogens is 1. The Morgan fingerprint density at radius 3 is 2.78 bits per heavy atom. The minimum atomic E-state index is -0.594. The van der Waals surface area contributed by atoms with Gasteiger partial charge in [0, 0.05) is 0 Å². The Labute approximate surface area is 141 Å². The summed E-state index contributed by atoms with van der Waals surface area (Å²) in [5, 5.41) is 2.72. The van der Waals surface area contributed by atoms with Crippen molar-refractivity contribution in [2.24, 2.45) is 0 Å². The summed E-state index contributed by atoms with van der Waals surface area (Å²) in [6.07, 6.45) is 0.908. The van der Waals surface area contributed by atoms with Crippen molar-refractivity contribution in [3.8, 4) is 5.75 Å². The molecule has 1 heterocycles. The van der Waals surface area contributed by atoms with Crippen molar-refractivity contribution in [2.45, 2.75) is 19.6 Å². The lowest BCUT2D eigenvalue weighted by molar-refractivity contribution is -0.127. The first kappa shape index (κ1) is 18.7. The summed E-state index contributed by atoms with van der Waals surface area (Å²) >= 11 is 0. The third-order valence-electron chi connectivity index (χ3n) is 3.06. The average molecular weight is 338 g/mol. The molecule has 1 aromatic heterocycles. The lowest BCUT2D eigenvalue weighted by Gasteiger charge is -2.13. The normalized spacial score (nSPS) is 11.2. The summed E-state index contributed by atoms with van der Waals surface area (Å²) in [5.74, 6) is 0.918. The van der Waals surface area contributed by atoms with Gasteiger partial charge in [-0.1, -0.05) is 12.1 Å². The van der Waals surface area contributed by atoms with Crippen LogP contribution in [0, 0.1) is 0 Å². The molecule has 1 aromatic carbocycles. The van der Waals surface area contributed by atoms with E-state index < -0.39 is 6.10 Å². The molecule has 23 heavy (non-hydrogen) atoms. The van der Waals surface area contributed by atoms with E-state index in [1.165, 1.54) is 6.20 Å². The van der Waals surface area contributed by atoms with Crippen LogP contribution in [0.4, 0.5) is 11.5 Å². The number of carbonyl (C=O) groups excluding carboxylic acids is 1. The fourth-order valence-corrected chi connectivity index (χ4v) is 1.78. The molecule has 124 valence electrons. The molecule has 3 N–H and O–H groups in total. The van der Waals surface area contributed by atoms with Crippen LogP contribution in [0.15, 0.2) is 42.6 Å². The Kier molecular flexibility index (Phi) is 7.31. The van der Waals surface area contributed by atoms with E-state index in [4.69, 9.17) is 15.2 Å². The third kappa shape index (κ3) is 5.77. The van der Waals surface area contributed by atoms with Gasteiger partial charge in [0.05, 0.1) is 25.6 Å². The molecule has 6 nitrogen and oxygen atoms in total. The molecule has 0 fully saturated rings. The van der Waals surface area contributed by atoms with Crippen molar-refractivity contribution in [1.29, 1.82) is 0 Å². The number of hydrogen-bond donors (Lipinski definition) is 2. The number of carbonyl (C=O) groups is 1. The maximum absolute atomic E-state index is 12.0. The van der Waals surface area contributed by atoms with Crippen LogP contribution in [0.2, 0.25) is 0 Å². The number of benzene rings is 1. The number of nitrogens with zero attached hydrogens (tertiary/aromatic N) is 1. The summed E-state index contributed by atoms with van der Waals surface area (Å²) in [6.45, 7) is 2.02. The number of anilines is 2. The van der Waals surface area contributed by atoms with E-state index in [9.17, 15) is 4.79 Å². The molecule has 7 heteroatoms. The number of nitrogens with two attached hydrogens (primary N) is 1. The second kappa shape index (κ2) is 8.97. The SMILES string of the molecule is COc1cccc(COC(C)C(=O)Nc2ccc(N)nc2)c1.Cl. The summed E-state index contributed by atoms with van der Waals surface area (Å²) < 4.78 is 10.7. The molecule has 2 aromatic rings. The smallest absolute Gasteiger partial charge is 0.253 e. The van der Waals surface area contributed by atoms with Gasteiger partial charge in [-0.25, -0.2) is 4.98 Å². The fraction of sp³-hybridized carbons (Fsp3) is 0.250. The van der Waals surface area contributed by atoms with Crippen LogP contribution >= 0.6 is 12.4 Å². The van der Waals surface area contributed by atoms with Crippen LogP contribution in [0.3, 0.4) is 0 Å². The summed E-state index contributed by atoms with van der Waals surface area (Å²) in [5.41, 5.74) is 7.01. The van der Waals surface area contributed by atoms with Gasteiger partial charge < -0.3 is 20.5 Å². The molecule has 2 rings (SSSR count). The van der Waals surface area contributed by atoms with E-state index in [0.717, 1.165) is 11.3 Å². The fourth-order valence-electron chi connectivity index (χ4n) is 1.78. The first-order chi connectivity index (χ1) is 10.6. The molecule has 1 amide bonds. The van der Waals surface area contributed by atoms with Gasteiger partial charge in [-0.2, -0.15) is 0 Å². The highest BCUT2D eigenvalue weighted by molar-refractivity contribution is 5.93. The van der Waals surface area contributed by atoms with Crippen LogP contribution in [-0.4, -0.2) is 24.1 Å². The van der Waals surface area contributed by atoms with Gasteiger partial charge in [-0.05, 0) is 36.8 Å². The monoisotopic (exact) mass is 337 g/mol. The zero-order valence-corrected chi connectivity index (χ0v) is 13.8. The second-order valence-electron chi connectivity index (χ2n) is 4.77. The molecule has 0 spiro atoms. The van der Waals surface area contributed by atoms with E-state index in [2.05, 4.69) is 10.3 Å². The Balaban J connectivity index is 0.00000264. The Hall–Kier alpha value is -2.31. The van der Waals surface area contributed by atoms with E-state index >= 15 is 0 Å². The number of nitrogen functional groups attached to an aromatic ring is 1. The Morgan fingerprint density at radius 2 is 2.13 bits per heavy atom. The average Bonchev–Trinajstić information content (AvgIpc) is 2.54. The Bertz CT molecular complexity index is 635. The van der Waals surface area contributed by atoms with E-state index in [1.54, 1.807) is 26.2 Å². The molecule has 0 aliphatic rings. The maximum Gasteiger partial charge on any atom is 0.253 e. The molecule has 0 radical (unpaired) electrons. The highest BCUT2D eigenvalue weighted by Crippen LogP contribution is 2.14. The topological polar surface area (TPSA) is 86.5 Å².